The molecule has 0 atom stereocenters. The molecule has 3 rings (SSSR count). The van der Waals surface area contributed by atoms with Crippen LogP contribution in [0.3, 0.4) is 0 Å². The number of halogens is 1. The Morgan fingerprint density at radius 3 is 2.43 bits per heavy atom. The molecular weight excluding hydrogens is 385 g/mol. The minimum Gasteiger partial charge on any atom is -0.324 e. The summed E-state index contributed by atoms with van der Waals surface area (Å²) in [6.45, 7) is 2.93. The van der Waals surface area contributed by atoms with Crippen molar-refractivity contribution in [2.75, 3.05) is 10.6 Å². The number of amides is 2. The van der Waals surface area contributed by atoms with Crippen LogP contribution in [0.5, 0.6) is 0 Å². The van der Waals surface area contributed by atoms with Crippen LogP contribution in [0.25, 0.3) is 0 Å². The summed E-state index contributed by atoms with van der Waals surface area (Å²) in [4.78, 5) is 23.8. The number of hydrogen-bond donors (Lipinski definition) is 3. The highest BCUT2D eigenvalue weighted by Crippen LogP contribution is 2.24. The van der Waals surface area contributed by atoms with Crippen molar-refractivity contribution in [2.24, 2.45) is 0 Å². The summed E-state index contributed by atoms with van der Waals surface area (Å²) < 4.78 is 41.1. The Morgan fingerprint density at radius 1 is 1.07 bits per heavy atom. The van der Waals surface area contributed by atoms with E-state index in [-0.39, 0.29) is 27.9 Å². The van der Waals surface area contributed by atoms with E-state index in [2.05, 4.69) is 15.4 Å². The number of rotatable bonds is 6. The van der Waals surface area contributed by atoms with Crippen LogP contribution in [0.15, 0.2) is 41.3 Å². The summed E-state index contributed by atoms with van der Waals surface area (Å²) in [5.41, 5.74) is 0.974. The number of nitrogens with one attached hydrogen (secondary N) is 3. The summed E-state index contributed by atoms with van der Waals surface area (Å²) >= 11 is 0. The predicted molar refractivity (Wildman–Crippen MR) is 103 cm³/mol. The lowest BCUT2D eigenvalue weighted by atomic mass is 10.1. The van der Waals surface area contributed by atoms with Gasteiger partial charge in [0.25, 0.3) is 5.91 Å². The van der Waals surface area contributed by atoms with Gasteiger partial charge in [0.15, 0.2) is 0 Å². The molecule has 3 N–H and O–H groups in total. The maximum atomic E-state index is 13.7. The smallest absolute Gasteiger partial charge is 0.255 e. The van der Waals surface area contributed by atoms with Crippen LogP contribution in [-0.2, 0) is 14.8 Å². The molecule has 0 aliphatic heterocycles. The number of anilines is 2. The van der Waals surface area contributed by atoms with Crippen molar-refractivity contribution in [2.45, 2.75) is 37.6 Å². The third-order valence-electron chi connectivity index (χ3n) is 4.20. The average Bonchev–Trinajstić information content (AvgIpc) is 3.40. The molecule has 1 aliphatic carbocycles. The van der Waals surface area contributed by atoms with Crippen LogP contribution in [0, 0.1) is 12.7 Å². The highest BCUT2D eigenvalue weighted by Gasteiger charge is 2.28. The van der Waals surface area contributed by atoms with Crippen molar-refractivity contribution < 1.29 is 22.4 Å². The van der Waals surface area contributed by atoms with Gasteiger partial charge in [0, 0.05) is 24.2 Å². The molecular formula is C19H20FN3O4S. The van der Waals surface area contributed by atoms with Crippen LogP contribution in [0.4, 0.5) is 15.8 Å². The zero-order chi connectivity index (χ0) is 20.5. The Morgan fingerprint density at radius 2 is 1.79 bits per heavy atom. The van der Waals surface area contributed by atoms with Crippen molar-refractivity contribution in [3.8, 4) is 0 Å². The largest absolute Gasteiger partial charge is 0.324 e. The number of hydrogen-bond acceptors (Lipinski definition) is 4. The van der Waals surface area contributed by atoms with Gasteiger partial charge in [-0.1, -0.05) is 6.07 Å². The first-order valence-corrected chi connectivity index (χ1v) is 10.2. The van der Waals surface area contributed by atoms with E-state index in [1.54, 1.807) is 13.0 Å². The first kappa shape index (κ1) is 20.0. The number of benzene rings is 2. The number of carbonyl (C=O) groups is 2. The molecule has 28 heavy (non-hydrogen) atoms. The molecule has 0 unspecified atom stereocenters. The number of carbonyl (C=O) groups excluding carboxylic acids is 2. The van der Waals surface area contributed by atoms with Crippen molar-refractivity contribution in [1.82, 2.24) is 4.72 Å². The Bertz CT molecular complexity index is 1050. The monoisotopic (exact) mass is 405 g/mol. The summed E-state index contributed by atoms with van der Waals surface area (Å²) in [7, 11) is -3.70. The minimum atomic E-state index is -3.70. The molecule has 0 aromatic heterocycles. The van der Waals surface area contributed by atoms with Crippen molar-refractivity contribution in [1.29, 1.82) is 0 Å². The highest BCUT2D eigenvalue weighted by molar-refractivity contribution is 7.89. The molecule has 0 radical (unpaired) electrons. The SMILES string of the molecule is CC(=O)Nc1cc(NC(=O)c2cc(S(=O)(=O)NC3CC3)ccc2C)ccc1F. The van der Waals surface area contributed by atoms with Gasteiger partial charge in [-0.3, -0.25) is 9.59 Å². The van der Waals surface area contributed by atoms with Gasteiger partial charge < -0.3 is 10.6 Å². The molecule has 7 nitrogen and oxygen atoms in total. The van der Waals surface area contributed by atoms with Crippen LogP contribution in [0.2, 0.25) is 0 Å². The molecule has 2 aromatic carbocycles. The van der Waals surface area contributed by atoms with Gasteiger partial charge in [0.2, 0.25) is 15.9 Å². The molecule has 0 spiro atoms. The van der Waals surface area contributed by atoms with E-state index in [9.17, 15) is 22.4 Å². The Kier molecular flexibility index (Phi) is 5.48. The molecule has 0 saturated heterocycles. The second-order valence-electron chi connectivity index (χ2n) is 6.70. The molecule has 2 amide bonds. The summed E-state index contributed by atoms with van der Waals surface area (Å²) in [6, 6.07) is 8.03. The topological polar surface area (TPSA) is 104 Å². The molecule has 2 aromatic rings. The van der Waals surface area contributed by atoms with Gasteiger partial charge >= 0.3 is 0 Å². The van der Waals surface area contributed by atoms with Gasteiger partial charge in [-0.2, -0.15) is 0 Å². The lowest BCUT2D eigenvalue weighted by Crippen LogP contribution is -2.26. The van der Waals surface area contributed by atoms with Crippen molar-refractivity contribution in [3.05, 3.63) is 53.3 Å². The molecule has 1 aliphatic rings. The second kappa shape index (κ2) is 7.69. The minimum absolute atomic E-state index is 0.00758. The van der Waals surface area contributed by atoms with Crippen LogP contribution >= 0.6 is 0 Å². The molecule has 1 saturated carbocycles. The zero-order valence-corrected chi connectivity index (χ0v) is 16.2. The van der Waals surface area contributed by atoms with Gasteiger partial charge in [0.05, 0.1) is 10.6 Å². The fourth-order valence-electron chi connectivity index (χ4n) is 2.59. The van der Waals surface area contributed by atoms with Gasteiger partial charge in [0.1, 0.15) is 5.82 Å². The van der Waals surface area contributed by atoms with Crippen LogP contribution in [-0.4, -0.2) is 26.3 Å². The Balaban J connectivity index is 1.84. The normalized spacial score (nSPS) is 13.8. The molecule has 0 bridgehead atoms. The molecule has 148 valence electrons. The summed E-state index contributed by atoms with van der Waals surface area (Å²) in [5, 5.41) is 4.94. The lowest BCUT2D eigenvalue weighted by molar-refractivity contribution is -0.114. The Hall–Kier alpha value is -2.78. The van der Waals surface area contributed by atoms with Gasteiger partial charge in [-0.25, -0.2) is 17.5 Å². The van der Waals surface area contributed by atoms with Crippen molar-refractivity contribution >= 4 is 33.2 Å². The number of sulfonamides is 1. The van der Waals surface area contributed by atoms with Crippen LogP contribution < -0.4 is 15.4 Å². The fourth-order valence-corrected chi connectivity index (χ4v) is 3.92. The predicted octanol–water partition coefficient (Wildman–Crippen LogP) is 2.79. The van der Waals surface area contributed by atoms with E-state index in [1.807, 2.05) is 0 Å². The molecule has 1 fully saturated rings. The average molecular weight is 405 g/mol. The maximum absolute atomic E-state index is 13.7. The summed E-state index contributed by atoms with van der Waals surface area (Å²) in [5.74, 6) is -1.62. The van der Waals surface area contributed by atoms with Crippen molar-refractivity contribution in [3.63, 3.8) is 0 Å². The van der Waals surface area contributed by atoms with Gasteiger partial charge in [-0.15, -0.1) is 0 Å². The standard InChI is InChI=1S/C19H20FN3O4S/c1-11-3-7-15(28(26,27)23-13-4-5-13)10-16(11)19(25)22-14-6-8-17(20)18(9-14)21-12(2)24/h3,6-10,13,23H,4-5H2,1-2H3,(H,21,24)(H,22,25). The fraction of sp³-hybridized carbons (Fsp3) is 0.263. The zero-order valence-electron chi connectivity index (χ0n) is 15.4. The second-order valence-corrected chi connectivity index (χ2v) is 8.42. The lowest BCUT2D eigenvalue weighted by Gasteiger charge is -2.12. The van der Waals surface area contributed by atoms with E-state index >= 15 is 0 Å². The summed E-state index contributed by atoms with van der Waals surface area (Å²) in [6.07, 6.45) is 1.61. The molecule has 9 heteroatoms. The first-order chi connectivity index (χ1) is 13.2. The van der Waals surface area contributed by atoms with E-state index in [4.69, 9.17) is 0 Å². The first-order valence-electron chi connectivity index (χ1n) is 8.67. The van der Waals surface area contributed by atoms with Crippen LogP contribution in [0.1, 0.15) is 35.7 Å². The van der Waals surface area contributed by atoms with Gasteiger partial charge in [-0.05, 0) is 55.7 Å². The number of aryl methyl sites for hydroxylation is 1. The highest BCUT2D eigenvalue weighted by atomic mass is 32.2. The van der Waals surface area contributed by atoms with E-state index in [0.29, 0.717) is 5.56 Å². The molecule has 0 heterocycles. The Labute approximate surface area is 162 Å². The quantitative estimate of drug-likeness (QED) is 0.687. The third kappa shape index (κ3) is 4.73. The third-order valence-corrected chi connectivity index (χ3v) is 5.72. The van der Waals surface area contributed by atoms with E-state index < -0.39 is 27.7 Å². The maximum Gasteiger partial charge on any atom is 0.255 e. The van der Waals surface area contributed by atoms with E-state index in [1.165, 1.54) is 31.2 Å². The van der Waals surface area contributed by atoms with E-state index in [0.717, 1.165) is 18.9 Å².